The maximum atomic E-state index is 13.4. The minimum atomic E-state index is -3.36. The molecule has 88 valence electrons. The Bertz CT molecular complexity index is 393. The van der Waals surface area contributed by atoms with Crippen LogP contribution in [0.4, 0.5) is 8.78 Å². The van der Waals surface area contributed by atoms with Crippen molar-refractivity contribution in [2.24, 2.45) is 0 Å². The molecule has 5 heteroatoms. The average Bonchev–Trinajstić information content (AvgIpc) is 2.15. The zero-order chi connectivity index (χ0) is 12.3. The van der Waals surface area contributed by atoms with Gasteiger partial charge in [-0.2, -0.15) is 0 Å². The third-order valence-electron chi connectivity index (χ3n) is 2.03. The fraction of sp³-hybridized carbons (Fsp3) is 0.273. The van der Waals surface area contributed by atoms with E-state index in [1.807, 2.05) is 0 Å². The van der Waals surface area contributed by atoms with Gasteiger partial charge >= 0.3 is 0 Å². The first kappa shape index (κ1) is 13.4. The summed E-state index contributed by atoms with van der Waals surface area (Å²) in [5.74, 6) is -3.36. The summed E-state index contributed by atoms with van der Waals surface area (Å²) in [7, 11) is 0. The lowest BCUT2D eigenvalue weighted by Gasteiger charge is -2.21. The minimum absolute atomic E-state index is 0.328. The summed E-state index contributed by atoms with van der Waals surface area (Å²) in [5.41, 5.74) is 0.328. The smallest absolute Gasteiger partial charge is 0.282 e. The van der Waals surface area contributed by atoms with Gasteiger partial charge < -0.3 is 5.11 Å². The van der Waals surface area contributed by atoms with E-state index in [2.05, 4.69) is 6.58 Å². The van der Waals surface area contributed by atoms with Gasteiger partial charge in [-0.25, -0.2) is 8.78 Å². The van der Waals surface area contributed by atoms with Crippen LogP contribution in [0, 0.1) is 0 Å². The average molecular weight is 267 g/mol. The summed E-state index contributed by atoms with van der Waals surface area (Å²) >= 11 is 10.9. The highest BCUT2D eigenvalue weighted by molar-refractivity contribution is 6.30. The van der Waals surface area contributed by atoms with Crippen molar-refractivity contribution >= 4 is 23.2 Å². The molecule has 0 fully saturated rings. The molecule has 16 heavy (non-hydrogen) atoms. The molecule has 1 N–H and O–H groups in total. The lowest BCUT2D eigenvalue weighted by atomic mass is 10.0. The second-order valence-electron chi connectivity index (χ2n) is 3.42. The van der Waals surface area contributed by atoms with E-state index in [0.29, 0.717) is 10.6 Å². The molecule has 0 aliphatic rings. The molecule has 0 aromatic heterocycles. The van der Waals surface area contributed by atoms with Crippen LogP contribution in [0.25, 0.3) is 0 Å². The Labute approximate surface area is 102 Å². The van der Waals surface area contributed by atoms with Crippen molar-refractivity contribution in [1.82, 2.24) is 0 Å². The van der Waals surface area contributed by atoms with Crippen molar-refractivity contribution in [2.45, 2.75) is 18.4 Å². The number of halogens is 4. The number of benzene rings is 1. The highest BCUT2D eigenvalue weighted by Gasteiger charge is 2.39. The fourth-order valence-electron chi connectivity index (χ4n) is 1.24. The van der Waals surface area contributed by atoms with Gasteiger partial charge in [-0.1, -0.05) is 41.9 Å². The van der Waals surface area contributed by atoms with Crippen LogP contribution in [0.3, 0.4) is 0 Å². The Hall–Kier alpha value is -0.640. The first-order valence-corrected chi connectivity index (χ1v) is 5.23. The van der Waals surface area contributed by atoms with Gasteiger partial charge in [0.1, 0.15) is 0 Å². The molecule has 0 spiro atoms. The molecule has 0 aliphatic heterocycles. The molecule has 0 saturated carbocycles. The van der Waals surface area contributed by atoms with Crippen molar-refractivity contribution in [3.8, 4) is 0 Å². The third-order valence-corrected chi connectivity index (χ3v) is 2.47. The van der Waals surface area contributed by atoms with Crippen molar-refractivity contribution in [1.29, 1.82) is 0 Å². The van der Waals surface area contributed by atoms with Gasteiger partial charge in [-0.3, -0.25) is 0 Å². The largest absolute Gasteiger partial charge is 0.381 e. The molecule has 0 amide bonds. The van der Waals surface area contributed by atoms with E-state index in [4.69, 9.17) is 23.2 Å². The van der Waals surface area contributed by atoms with Crippen LogP contribution in [0.15, 0.2) is 35.9 Å². The normalized spacial score (nSPS) is 13.6. The fourth-order valence-corrected chi connectivity index (χ4v) is 1.62. The van der Waals surface area contributed by atoms with E-state index < -0.39 is 23.5 Å². The van der Waals surface area contributed by atoms with Crippen molar-refractivity contribution in [3.63, 3.8) is 0 Å². The van der Waals surface area contributed by atoms with Crippen LogP contribution >= 0.6 is 23.2 Å². The topological polar surface area (TPSA) is 20.2 Å². The van der Waals surface area contributed by atoms with E-state index in [-0.39, 0.29) is 0 Å². The summed E-state index contributed by atoms with van der Waals surface area (Å²) in [6.07, 6.45) is -2.70. The number of hydrogen-bond donors (Lipinski definition) is 1. The first-order valence-electron chi connectivity index (χ1n) is 4.47. The molecule has 0 heterocycles. The lowest BCUT2D eigenvalue weighted by molar-refractivity contribution is -0.0870. The van der Waals surface area contributed by atoms with Gasteiger partial charge in [0.2, 0.25) is 0 Å². The van der Waals surface area contributed by atoms with E-state index in [1.165, 1.54) is 12.1 Å². The molecule has 1 unspecified atom stereocenters. The second kappa shape index (κ2) is 5.13. The summed E-state index contributed by atoms with van der Waals surface area (Å²) in [4.78, 5) is 0. The lowest BCUT2D eigenvalue weighted by Crippen LogP contribution is -2.35. The van der Waals surface area contributed by atoms with Crippen LogP contribution in [0.1, 0.15) is 5.56 Å². The summed E-state index contributed by atoms with van der Waals surface area (Å²) in [6, 6.07) is 6.07. The maximum Gasteiger partial charge on any atom is 0.282 e. The van der Waals surface area contributed by atoms with Crippen LogP contribution in [-0.4, -0.2) is 17.1 Å². The van der Waals surface area contributed by atoms with Gasteiger partial charge in [0, 0.05) is 16.5 Å². The molecule has 0 radical (unpaired) electrons. The second-order valence-corrected chi connectivity index (χ2v) is 4.34. The van der Waals surface area contributed by atoms with Gasteiger partial charge in [-0.15, -0.1) is 0 Å². The number of hydrogen-bond acceptors (Lipinski definition) is 1. The molecule has 1 aromatic rings. The van der Waals surface area contributed by atoms with Gasteiger partial charge in [0.25, 0.3) is 5.92 Å². The summed E-state index contributed by atoms with van der Waals surface area (Å²) in [5, 5.41) is 9.06. The molecular formula is C11H10Cl2F2O. The van der Waals surface area contributed by atoms with Crippen LogP contribution in [0.5, 0.6) is 0 Å². The van der Waals surface area contributed by atoms with E-state index in [9.17, 15) is 13.9 Å². The Balaban J connectivity index is 2.84. The maximum absolute atomic E-state index is 13.4. The molecule has 1 atom stereocenters. The molecule has 1 nitrogen and oxygen atoms in total. The predicted octanol–water partition coefficient (Wildman–Crippen LogP) is 3.63. The zero-order valence-electron chi connectivity index (χ0n) is 8.26. The summed E-state index contributed by atoms with van der Waals surface area (Å²) in [6.45, 7) is 3.09. The van der Waals surface area contributed by atoms with Gasteiger partial charge in [-0.05, 0) is 17.7 Å². The summed E-state index contributed by atoms with van der Waals surface area (Å²) < 4.78 is 26.9. The van der Waals surface area contributed by atoms with Crippen LogP contribution in [-0.2, 0) is 6.42 Å². The predicted molar refractivity (Wildman–Crippen MR) is 61.1 cm³/mol. The SMILES string of the molecule is C=C(Cl)C(O)C(F)(F)Cc1cccc(Cl)c1. The Morgan fingerprint density at radius 3 is 2.62 bits per heavy atom. The molecule has 0 bridgehead atoms. The number of aliphatic hydroxyl groups is 1. The number of alkyl halides is 2. The van der Waals surface area contributed by atoms with Crippen molar-refractivity contribution in [2.75, 3.05) is 0 Å². The highest BCUT2D eigenvalue weighted by Crippen LogP contribution is 2.29. The first-order chi connectivity index (χ1) is 7.33. The molecule has 0 saturated heterocycles. The molecule has 1 aromatic carbocycles. The third kappa shape index (κ3) is 3.44. The standard InChI is InChI=1S/C11H10Cl2F2O/c1-7(12)10(16)11(14,15)6-8-3-2-4-9(13)5-8/h2-5,10,16H,1,6H2. The van der Waals surface area contributed by atoms with Crippen LogP contribution in [0.2, 0.25) is 5.02 Å². The molecule has 1 rings (SSSR count). The van der Waals surface area contributed by atoms with E-state index >= 15 is 0 Å². The Morgan fingerprint density at radius 1 is 1.50 bits per heavy atom. The van der Waals surface area contributed by atoms with E-state index in [0.717, 1.165) is 0 Å². The van der Waals surface area contributed by atoms with Gasteiger partial charge in [0.15, 0.2) is 6.10 Å². The van der Waals surface area contributed by atoms with Gasteiger partial charge in [0.05, 0.1) is 0 Å². The Kier molecular flexibility index (Phi) is 4.30. The van der Waals surface area contributed by atoms with Crippen molar-refractivity contribution in [3.05, 3.63) is 46.5 Å². The number of aliphatic hydroxyl groups excluding tert-OH is 1. The monoisotopic (exact) mass is 266 g/mol. The minimum Gasteiger partial charge on any atom is -0.381 e. The molecular weight excluding hydrogens is 257 g/mol. The quantitative estimate of drug-likeness (QED) is 0.883. The van der Waals surface area contributed by atoms with Crippen LogP contribution < -0.4 is 0 Å². The highest BCUT2D eigenvalue weighted by atomic mass is 35.5. The van der Waals surface area contributed by atoms with E-state index in [1.54, 1.807) is 12.1 Å². The zero-order valence-corrected chi connectivity index (χ0v) is 9.77. The number of rotatable bonds is 4. The Morgan fingerprint density at radius 2 is 2.12 bits per heavy atom. The molecule has 0 aliphatic carbocycles. The van der Waals surface area contributed by atoms with Crippen molar-refractivity contribution < 1.29 is 13.9 Å².